The number of aromatic nitrogens is 2. The highest BCUT2D eigenvalue weighted by Crippen LogP contribution is 2.28. The first kappa shape index (κ1) is 18.3. The maximum atomic E-state index is 12.6. The van der Waals surface area contributed by atoms with Crippen LogP contribution in [0.2, 0.25) is 5.02 Å². The minimum atomic E-state index is -2.97. The Bertz CT molecular complexity index is 926. The van der Waals surface area contributed by atoms with Crippen molar-refractivity contribution < 1.29 is 18.3 Å². The molecule has 0 saturated heterocycles. The fraction of sp³-hybridized carbons (Fsp3) is 0.176. The van der Waals surface area contributed by atoms with Crippen molar-refractivity contribution in [1.82, 2.24) is 9.78 Å². The smallest absolute Gasteiger partial charge is 0.387 e. The van der Waals surface area contributed by atoms with E-state index in [1.165, 1.54) is 29.7 Å². The molecule has 0 aliphatic heterocycles. The predicted octanol–water partition coefficient (Wildman–Crippen LogP) is 4.81. The number of thiophene rings is 1. The number of hydrogen-bond acceptors (Lipinski definition) is 4. The first-order valence-corrected chi connectivity index (χ1v) is 8.78. The summed E-state index contributed by atoms with van der Waals surface area (Å²) in [5.41, 5.74) is 1.82. The van der Waals surface area contributed by atoms with Crippen LogP contribution in [0.15, 0.2) is 42.0 Å². The summed E-state index contributed by atoms with van der Waals surface area (Å²) in [6.07, 6.45) is 3.21. The van der Waals surface area contributed by atoms with Crippen LogP contribution in [0, 0.1) is 6.92 Å². The van der Waals surface area contributed by atoms with Crippen LogP contribution in [0.1, 0.15) is 20.8 Å². The molecule has 0 radical (unpaired) electrons. The maximum absolute atomic E-state index is 12.6. The number of ether oxygens (including phenoxy) is 1. The van der Waals surface area contributed by atoms with Crippen molar-refractivity contribution in [2.45, 2.75) is 20.1 Å². The minimum absolute atomic E-state index is 0.0729. The predicted molar refractivity (Wildman–Crippen MR) is 96.4 cm³/mol. The molecular formula is C17H14ClF2N3O2S. The number of benzene rings is 1. The molecular weight excluding hydrogens is 384 g/mol. The van der Waals surface area contributed by atoms with Gasteiger partial charge in [-0.3, -0.25) is 9.48 Å². The van der Waals surface area contributed by atoms with E-state index in [0.717, 1.165) is 11.1 Å². The number of alkyl halides is 2. The van der Waals surface area contributed by atoms with Gasteiger partial charge in [-0.25, -0.2) is 0 Å². The first-order chi connectivity index (χ1) is 12.4. The molecule has 1 N–H and O–H groups in total. The number of anilines is 1. The second kappa shape index (κ2) is 7.84. The van der Waals surface area contributed by atoms with E-state index >= 15 is 0 Å². The quantitative estimate of drug-likeness (QED) is 0.649. The highest BCUT2D eigenvalue weighted by molar-refractivity contribution is 7.12. The number of nitrogens with one attached hydrogen (secondary N) is 1. The molecule has 3 aromatic rings. The molecule has 2 aromatic heterocycles. The molecule has 0 bridgehead atoms. The lowest BCUT2D eigenvalue weighted by molar-refractivity contribution is -0.0494. The van der Waals surface area contributed by atoms with Crippen molar-refractivity contribution in [2.24, 2.45) is 0 Å². The van der Waals surface area contributed by atoms with E-state index in [9.17, 15) is 13.6 Å². The number of halogens is 3. The lowest BCUT2D eigenvalue weighted by Crippen LogP contribution is -2.13. The van der Waals surface area contributed by atoms with E-state index in [0.29, 0.717) is 16.4 Å². The van der Waals surface area contributed by atoms with Gasteiger partial charge in [0.05, 0.1) is 28.3 Å². The molecule has 5 nitrogen and oxygen atoms in total. The molecule has 1 aromatic carbocycles. The van der Waals surface area contributed by atoms with Gasteiger partial charge in [0.15, 0.2) is 0 Å². The minimum Gasteiger partial charge on any atom is -0.433 e. The van der Waals surface area contributed by atoms with Crippen LogP contribution in [0.3, 0.4) is 0 Å². The topological polar surface area (TPSA) is 56.2 Å². The van der Waals surface area contributed by atoms with Gasteiger partial charge in [0.2, 0.25) is 0 Å². The summed E-state index contributed by atoms with van der Waals surface area (Å²) in [6.45, 7) is -0.751. The van der Waals surface area contributed by atoms with Gasteiger partial charge >= 0.3 is 6.61 Å². The number of hydrogen-bond donors (Lipinski definition) is 1. The molecule has 0 aliphatic carbocycles. The van der Waals surface area contributed by atoms with Crippen molar-refractivity contribution in [2.75, 3.05) is 5.32 Å². The molecule has 2 heterocycles. The summed E-state index contributed by atoms with van der Waals surface area (Å²) >= 11 is 7.08. The van der Waals surface area contributed by atoms with E-state index in [1.54, 1.807) is 29.9 Å². The molecule has 0 fully saturated rings. The van der Waals surface area contributed by atoms with Crippen LogP contribution in [-0.4, -0.2) is 22.3 Å². The molecule has 0 spiro atoms. The standard InChI is InChI=1S/C17H14ClF2N3O2S/c1-10-2-3-13(14(4-10)25-17(19)20)22-16(24)15-5-11(9-26-15)7-23-8-12(18)6-21-23/h2-6,8-9,17H,7H2,1H3,(H,22,24). The Morgan fingerprint density at radius 1 is 1.42 bits per heavy atom. The molecule has 1 amide bonds. The van der Waals surface area contributed by atoms with Gasteiger partial charge in [-0.2, -0.15) is 13.9 Å². The second-order valence-corrected chi connectivity index (χ2v) is 6.86. The van der Waals surface area contributed by atoms with Gasteiger partial charge in [0.1, 0.15) is 5.75 Å². The normalized spacial score (nSPS) is 11.0. The molecule has 136 valence electrons. The van der Waals surface area contributed by atoms with Crippen molar-refractivity contribution >= 4 is 34.5 Å². The first-order valence-electron chi connectivity index (χ1n) is 7.53. The van der Waals surface area contributed by atoms with E-state index in [1.807, 2.05) is 5.38 Å². The Morgan fingerprint density at radius 3 is 2.92 bits per heavy atom. The summed E-state index contributed by atoms with van der Waals surface area (Å²) in [5, 5.41) is 9.05. The Kier molecular flexibility index (Phi) is 5.53. The fourth-order valence-corrected chi connectivity index (χ4v) is 3.25. The Balaban J connectivity index is 1.72. The van der Waals surface area contributed by atoms with Crippen LogP contribution >= 0.6 is 22.9 Å². The van der Waals surface area contributed by atoms with Crippen LogP contribution in [0.5, 0.6) is 5.75 Å². The molecule has 0 atom stereocenters. The molecule has 3 rings (SSSR count). The number of carbonyl (C=O) groups is 1. The van der Waals surface area contributed by atoms with Crippen LogP contribution in [-0.2, 0) is 6.54 Å². The second-order valence-electron chi connectivity index (χ2n) is 5.51. The van der Waals surface area contributed by atoms with Gasteiger partial charge < -0.3 is 10.1 Å². The van der Waals surface area contributed by atoms with E-state index < -0.39 is 12.5 Å². The van der Waals surface area contributed by atoms with Crippen molar-refractivity contribution in [3.8, 4) is 5.75 Å². The molecule has 0 saturated carbocycles. The van der Waals surface area contributed by atoms with Crippen molar-refractivity contribution in [1.29, 1.82) is 0 Å². The number of aryl methyl sites for hydroxylation is 1. The van der Waals surface area contributed by atoms with Crippen LogP contribution < -0.4 is 10.1 Å². The SMILES string of the molecule is Cc1ccc(NC(=O)c2cc(Cn3cc(Cl)cn3)cs2)c(OC(F)F)c1. The largest absolute Gasteiger partial charge is 0.433 e. The molecule has 9 heteroatoms. The van der Waals surface area contributed by atoms with Crippen LogP contribution in [0.25, 0.3) is 0 Å². The zero-order valence-electron chi connectivity index (χ0n) is 13.6. The third kappa shape index (κ3) is 4.59. The number of amides is 1. The third-order valence-corrected chi connectivity index (χ3v) is 4.60. The average molecular weight is 398 g/mol. The van der Waals surface area contributed by atoms with Crippen molar-refractivity contribution in [3.05, 3.63) is 63.1 Å². The molecule has 26 heavy (non-hydrogen) atoms. The van der Waals surface area contributed by atoms with Crippen molar-refractivity contribution in [3.63, 3.8) is 0 Å². The Labute approximate surface area is 157 Å². The summed E-state index contributed by atoms with van der Waals surface area (Å²) < 4.78 is 31.2. The Hall–Kier alpha value is -2.45. The van der Waals surface area contributed by atoms with E-state index in [2.05, 4.69) is 15.2 Å². The van der Waals surface area contributed by atoms with Gasteiger partial charge in [-0.1, -0.05) is 17.7 Å². The zero-order chi connectivity index (χ0) is 18.7. The fourth-order valence-electron chi connectivity index (χ4n) is 2.30. The number of carbonyl (C=O) groups excluding carboxylic acids is 1. The Morgan fingerprint density at radius 2 is 2.23 bits per heavy atom. The maximum Gasteiger partial charge on any atom is 0.387 e. The van der Waals surface area contributed by atoms with E-state index in [-0.39, 0.29) is 11.4 Å². The lowest BCUT2D eigenvalue weighted by atomic mass is 10.2. The molecule has 0 unspecified atom stereocenters. The monoisotopic (exact) mass is 397 g/mol. The number of nitrogens with zero attached hydrogens (tertiary/aromatic N) is 2. The zero-order valence-corrected chi connectivity index (χ0v) is 15.2. The van der Waals surface area contributed by atoms with Gasteiger partial charge in [-0.15, -0.1) is 11.3 Å². The summed E-state index contributed by atoms with van der Waals surface area (Å²) in [6, 6.07) is 6.40. The van der Waals surface area contributed by atoms with Gasteiger partial charge in [-0.05, 0) is 41.6 Å². The summed E-state index contributed by atoms with van der Waals surface area (Å²) in [4.78, 5) is 12.9. The van der Waals surface area contributed by atoms with Crippen LogP contribution in [0.4, 0.5) is 14.5 Å². The summed E-state index contributed by atoms with van der Waals surface area (Å²) in [7, 11) is 0. The molecule has 0 aliphatic rings. The van der Waals surface area contributed by atoms with Gasteiger partial charge in [0.25, 0.3) is 5.91 Å². The third-order valence-electron chi connectivity index (χ3n) is 3.43. The number of rotatable bonds is 6. The van der Waals surface area contributed by atoms with E-state index in [4.69, 9.17) is 11.6 Å². The average Bonchev–Trinajstić information content (AvgIpc) is 3.19. The van der Waals surface area contributed by atoms with Gasteiger partial charge in [0, 0.05) is 6.20 Å². The highest BCUT2D eigenvalue weighted by atomic mass is 35.5. The highest BCUT2D eigenvalue weighted by Gasteiger charge is 2.15. The summed E-state index contributed by atoms with van der Waals surface area (Å²) in [5.74, 6) is -0.473. The lowest BCUT2D eigenvalue weighted by Gasteiger charge is -2.12.